The Kier molecular flexibility index (Phi) is 66.7. The number of rotatable bonds is 64. The Labute approximate surface area is 508 Å². The van der Waals surface area contributed by atoms with Crippen molar-refractivity contribution < 1.29 is 28.6 Å². The molecule has 0 amide bonds. The van der Waals surface area contributed by atoms with Crippen LogP contribution in [0.15, 0.2) is 97.2 Å². The van der Waals surface area contributed by atoms with E-state index in [2.05, 4.69) is 118 Å². The van der Waals surface area contributed by atoms with E-state index >= 15 is 0 Å². The van der Waals surface area contributed by atoms with Crippen LogP contribution in [0.3, 0.4) is 0 Å². The van der Waals surface area contributed by atoms with Gasteiger partial charge in [0.25, 0.3) is 0 Å². The molecule has 0 spiro atoms. The average Bonchev–Trinajstić information content (AvgIpc) is 3.47. The highest BCUT2D eigenvalue weighted by atomic mass is 16.6. The van der Waals surface area contributed by atoms with Gasteiger partial charge in [0, 0.05) is 19.3 Å². The summed E-state index contributed by atoms with van der Waals surface area (Å²) < 4.78 is 17.0. The first-order chi connectivity index (χ1) is 40.5. The Morgan fingerprint density at radius 3 is 0.768 bits per heavy atom. The molecular formula is C76H132O6. The first-order valence-electron chi connectivity index (χ1n) is 35.2. The van der Waals surface area contributed by atoms with Gasteiger partial charge in [0.05, 0.1) is 0 Å². The monoisotopic (exact) mass is 1140 g/mol. The van der Waals surface area contributed by atoms with E-state index in [4.69, 9.17) is 14.2 Å². The number of ether oxygens (including phenoxy) is 3. The molecule has 6 nitrogen and oxygen atoms in total. The van der Waals surface area contributed by atoms with Gasteiger partial charge in [-0.3, -0.25) is 14.4 Å². The Hall–Kier alpha value is -3.67. The van der Waals surface area contributed by atoms with Crippen molar-refractivity contribution in [1.29, 1.82) is 0 Å². The standard InChI is InChI=1S/C76H132O6/c1-4-7-10-13-16-19-22-25-28-31-34-35-36-37-38-39-40-41-43-45-48-51-54-57-60-63-66-69-75(78)81-72-73(71-80-74(77)68-65-62-59-56-53-50-47-44-33-30-27-24-21-18-15-12-9-6-3)82-76(79)70-67-64-61-58-55-52-49-46-42-32-29-26-23-20-17-14-11-8-5-2/h7,10,16-17,19-20,25-26,28-29,34-35,37-38,40-41,73H,4-6,8-9,11-15,18,21-24,27,30-33,36,39,42-72H2,1-3H3/b10-7-,19-16-,20-17-,28-25-,29-26-,35-34-,38-37-,41-40-. The lowest BCUT2D eigenvalue weighted by molar-refractivity contribution is -0.167. The molecule has 0 aromatic carbocycles. The van der Waals surface area contributed by atoms with Crippen molar-refractivity contribution in [2.24, 2.45) is 0 Å². The smallest absolute Gasteiger partial charge is 0.306 e. The van der Waals surface area contributed by atoms with E-state index < -0.39 is 6.10 Å². The first kappa shape index (κ1) is 78.3. The van der Waals surface area contributed by atoms with Crippen LogP contribution in [0.4, 0.5) is 0 Å². The van der Waals surface area contributed by atoms with Gasteiger partial charge in [-0.25, -0.2) is 0 Å². The highest BCUT2D eigenvalue weighted by molar-refractivity contribution is 5.71. The minimum absolute atomic E-state index is 0.0783. The maximum Gasteiger partial charge on any atom is 0.306 e. The van der Waals surface area contributed by atoms with Gasteiger partial charge in [0.15, 0.2) is 6.10 Å². The second-order valence-corrected chi connectivity index (χ2v) is 23.4. The summed E-state index contributed by atoms with van der Waals surface area (Å²) >= 11 is 0. The van der Waals surface area contributed by atoms with E-state index in [1.165, 1.54) is 199 Å². The predicted molar refractivity (Wildman–Crippen MR) is 357 cm³/mol. The fraction of sp³-hybridized carbons (Fsp3) is 0.750. The molecule has 0 radical (unpaired) electrons. The van der Waals surface area contributed by atoms with Crippen LogP contribution >= 0.6 is 0 Å². The Morgan fingerprint density at radius 1 is 0.256 bits per heavy atom. The summed E-state index contributed by atoms with van der Waals surface area (Å²) in [6.45, 7) is 6.54. The molecule has 82 heavy (non-hydrogen) atoms. The highest BCUT2D eigenvalue weighted by Gasteiger charge is 2.19. The largest absolute Gasteiger partial charge is 0.462 e. The van der Waals surface area contributed by atoms with E-state index in [9.17, 15) is 14.4 Å². The second-order valence-electron chi connectivity index (χ2n) is 23.4. The summed E-state index contributed by atoms with van der Waals surface area (Å²) in [7, 11) is 0. The van der Waals surface area contributed by atoms with Gasteiger partial charge >= 0.3 is 17.9 Å². The van der Waals surface area contributed by atoms with Gasteiger partial charge < -0.3 is 14.2 Å². The van der Waals surface area contributed by atoms with Crippen LogP contribution < -0.4 is 0 Å². The van der Waals surface area contributed by atoms with Crippen molar-refractivity contribution >= 4 is 17.9 Å². The molecule has 0 aromatic rings. The molecule has 0 rings (SSSR count). The van der Waals surface area contributed by atoms with Gasteiger partial charge in [0.1, 0.15) is 13.2 Å². The number of unbranched alkanes of at least 4 members (excludes halogenated alkanes) is 37. The molecule has 0 aliphatic carbocycles. The van der Waals surface area contributed by atoms with Crippen molar-refractivity contribution in [2.45, 2.75) is 354 Å². The topological polar surface area (TPSA) is 78.9 Å². The van der Waals surface area contributed by atoms with Crippen LogP contribution in [0.2, 0.25) is 0 Å². The minimum atomic E-state index is -0.784. The molecule has 0 heterocycles. The Bertz CT molecular complexity index is 1590. The van der Waals surface area contributed by atoms with Crippen LogP contribution in [-0.4, -0.2) is 37.2 Å². The molecule has 0 bridgehead atoms. The molecular weight excluding hydrogens is 1010 g/mol. The molecule has 1 unspecified atom stereocenters. The van der Waals surface area contributed by atoms with Gasteiger partial charge in [-0.2, -0.15) is 0 Å². The molecule has 0 saturated carbocycles. The number of hydrogen-bond donors (Lipinski definition) is 0. The summed E-state index contributed by atoms with van der Waals surface area (Å²) in [6, 6.07) is 0. The van der Waals surface area contributed by atoms with Crippen molar-refractivity contribution in [3.05, 3.63) is 97.2 Å². The molecule has 0 aliphatic rings. The lowest BCUT2D eigenvalue weighted by Gasteiger charge is -2.18. The predicted octanol–water partition coefficient (Wildman–Crippen LogP) is 24.4. The maximum absolute atomic E-state index is 13.0. The zero-order valence-electron chi connectivity index (χ0n) is 54.2. The van der Waals surface area contributed by atoms with E-state index in [1.807, 2.05) is 0 Å². The zero-order valence-corrected chi connectivity index (χ0v) is 54.2. The maximum atomic E-state index is 13.0. The van der Waals surface area contributed by atoms with Crippen molar-refractivity contribution in [3.8, 4) is 0 Å². The Balaban J connectivity index is 4.36. The summed E-state index contributed by atoms with van der Waals surface area (Å²) in [5, 5.41) is 0. The summed E-state index contributed by atoms with van der Waals surface area (Å²) in [5.74, 6) is -0.873. The van der Waals surface area contributed by atoms with Gasteiger partial charge in [-0.15, -0.1) is 0 Å². The van der Waals surface area contributed by atoms with Gasteiger partial charge in [0.2, 0.25) is 0 Å². The minimum Gasteiger partial charge on any atom is -0.462 e. The van der Waals surface area contributed by atoms with Crippen molar-refractivity contribution in [3.63, 3.8) is 0 Å². The van der Waals surface area contributed by atoms with Gasteiger partial charge in [-0.05, 0) is 103 Å². The van der Waals surface area contributed by atoms with E-state index in [-0.39, 0.29) is 31.1 Å². The first-order valence-corrected chi connectivity index (χ1v) is 35.2. The third-order valence-corrected chi connectivity index (χ3v) is 15.3. The number of allylic oxidation sites excluding steroid dienone is 16. The molecule has 0 saturated heterocycles. The molecule has 6 heteroatoms. The number of esters is 3. The molecule has 0 aliphatic heterocycles. The van der Waals surface area contributed by atoms with Crippen molar-refractivity contribution in [1.82, 2.24) is 0 Å². The van der Waals surface area contributed by atoms with Crippen LogP contribution in [-0.2, 0) is 28.6 Å². The lowest BCUT2D eigenvalue weighted by Crippen LogP contribution is -2.30. The fourth-order valence-electron chi connectivity index (χ4n) is 10.1. The molecule has 472 valence electrons. The van der Waals surface area contributed by atoms with E-state index in [0.717, 1.165) is 109 Å². The Morgan fingerprint density at radius 2 is 0.476 bits per heavy atom. The quantitative estimate of drug-likeness (QED) is 0.0261. The van der Waals surface area contributed by atoms with E-state index in [0.29, 0.717) is 19.3 Å². The summed E-state index contributed by atoms with van der Waals surface area (Å²) in [4.78, 5) is 38.5. The number of carbonyl (C=O) groups is 3. The third-order valence-electron chi connectivity index (χ3n) is 15.3. The van der Waals surface area contributed by atoms with Crippen LogP contribution in [0, 0.1) is 0 Å². The molecule has 0 fully saturated rings. The zero-order chi connectivity index (χ0) is 59.2. The van der Waals surface area contributed by atoms with Crippen LogP contribution in [0.1, 0.15) is 348 Å². The van der Waals surface area contributed by atoms with E-state index in [1.54, 1.807) is 0 Å². The van der Waals surface area contributed by atoms with Crippen LogP contribution in [0.5, 0.6) is 0 Å². The molecule has 1 atom stereocenters. The molecule has 0 N–H and O–H groups in total. The average molecular weight is 1140 g/mol. The number of hydrogen-bond acceptors (Lipinski definition) is 6. The van der Waals surface area contributed by atoms with Crippen LogP contribution in [0.25, 0.3) is 0 Å². The van der Waals surface area contributed by atoms with Gasteiger partial charge in [-0.1, -0.05) is 323 Å². The molecule has 0 aromatic heterocycles. The lowest BCUT2D eigenvalue weighted by atomic mass is 10.0. The highest BCUT2D eigenvalue weighted by Crippen LogP contribution is 2.17. The SMILES string of the molecule is CC/C=C\C/C=C\C/C=C\C/C=C\C/C=C\C/C=C\CCCCCCCCCCC(=O)OCC(COC(=O)CCCCCCCCCCCCCCCCCCCC)OC(=O)CCCCCCCCCCC/C=C\C/C=C\CCCCC. The fourth-order valence-corrected chi connectivity index (χ4v) is 10.1. The second kappa shape index (κ2) is 69.8. The summed E-state index contributed by atoms with van der Waals surface area (Å²) in [5.41, 5.74) is 0. The van der Waals surface area contributed by atoms with Crippen molar-refractivity contribution in [2.75, 3.05) is 13.2 Å². The third kappa shape index (κ3) is 67.1. The summed E-state index contributed by atoms with van der Waals surface area (Å²) in [6.07, 6.45) is 94.2. The number of carbonyl (C=O) groups excluding carboxylic acids is 3. The normalized spacial score (nSPS) is 12.7.